The molecular formula is C14H19N5O. The quantitative estimate of drug-likeness (QED) is 0.643. The van der Waals surface area contributed by atoms with Crippen molar-refractivity contribution in [2.45, 2.75) is 20.0 Å². The van der Waals surface area contributed by atoms with Gasteiger partial charge in [0.1, 0.15) is 5.75 Å². The van der Waals surface area contributed by atoms with E-state index in [4.69, 9.17) is 10.5 Å². The number of rotatable bonds is 5. The van der Waals surface area contributed by atoms with Crippen LogP contribution in [0.1, 0.15) is 12.6 Å². The van der Waals surface area contributed by atoms with Gasteiger partial charge in [0.25, 0.3) is 0 Å². The molecule has 0 aliphatic rings. The Morgan fingerprint density at radius 1 is 1.35 bits per heavy atom. The van der Waals surface area contributed by atoms with E-state index >= 15 is 0 Å². The molecule has 0 bridgehead atoms. The van der Waals surface area contributed by atoms with Gasteiger partial charge in [-0.15, -0.1) is 0 Å². The summed E-state index contributed by atoms with van der Waals surface area (Å²) in [7, 11) is 1.63. The molecule has 0 saturated heterocycles. The number of aryl methyl sites for hydroxylation is 1. The van der Waals surface area contributed by atoms with E-state index in [-0.39, 0.29) is 0 Å². The molecule has 0 saturated carbocycles. The fourth-order valence-corrected chi connectivity index (χ4v) is 1.69. The number of aliphatic imine (C=N–C) groups is 1. The van der Waals surface area contributed by atoms with Crippen molar-refractivity contribution in [3.8, 4) is 5.75 Å². The van der Waals surface area contributed by atoms with Crippen LogP contribution in [-0.2, 0) is 13.1 Å². The number of hydrogen-bond acceptors (Lipinski definition) is 3. The van der Waals surface area contributed by atoms with E-state index in [9.17, 15) is 0 Å². The van der Waals surface area contributed by atoms with Crippen LogP contribution in [0.15, 0.2) is 41.5 Å². The average molecular weight is 273 g/mol. The molecule has 20 heavy (non-hydrogen) atoms. The molecule has 1 aromatic carbocycles. The van der Waals surface area contributed by atoms with Crippen molar-refractivity contribution < 1.29 is 4.74 Å². The summed E-state index contributed by atoms with van der Waals surface area (Å²) < 4.78 is 6.95. The van der Waals surface area contributed by atoms with E-state index in [0.29, 0.717) is 12.5 Å². The smallest absolute Gasteiger partial charge is 0.193 e. The highest BCUT2D eigenvalue weighted by Gasteiger charge is 1.99. The van der Waals surface area contributed by atoms with Gasteiger partial charge in [-0.1, -0.05) is 0 Å². The van der Waals surface area contributed by atoms with Crippen LogP contribution >= 0.6 is 0 Å². The van der Waals surface area contributed by atoms with Gasteiger partial charge in [-0.2, -0.15) is 5.10 Å². The molecule has 0 aliphatic heterocycles. The molecule has 0 radical (unpaired) electrons. The van der Waals surface area contributed by atoms with Crippen molar-refractivity contribution >= 4 is 11.6 Å². The zero-order chi connectivity index (χ0) is 14.4. The summed E-state index contributed by atoms with van der Waals surface area (Å²) >= 11 is 0. The van der Waals surface area contributed by atoms with Gasteiger partial charge in [0, 0.05) is 18.4 Å². The minimum Gasteiger partial charge on any atom is -0.497 e. The molecule has 0 aliphatic carbocycles. The van der Waals surface area contributed by atoms with Crippen molar-refractivity contribution in [3.05, 3.63) is 42.2 Å². The maximum absolute atomic E-state index is 5.84. The van der Waals surface area contributed by atoms with E-state index in [1.54, 1.807) is 7.11 Å². The predicted octanol–water partition coefficient (Wildman–Crippen LogP) is 1.84. The Bertz CT molecular complexity index is 574. The van der Waals surface area contributed by atoms with Gasteiger partial charge in [-0.3, -0.25) is 4.68 Å². The highest BCUT2D eigenvalue weighted by molar-refractivity contribution is 5.92. The monoisotopic (exact) mass is 273 g/mol. The number of aromatic nitrogens is 2. The molecule has 3 N–H and O–H groups in total. The molecular weight excluding hydrogens is 254 g/mol. The van der Waals surface area contributed by atoms with Gasteiger partial charge in [0.15, 0.2) is 5.96 Å². The number of methoxy groups -OCH3 is 1. The van der Waals surface area contributed by atoms with Gasteiger partial charge in [0.05, 0.1) is 19.3 Å². The van der Waals surface area contributed by atoms with Crippen LogP contribution in [0.4, 0.5) is 5.69 Å². The number of ether oxygens (including phenoxy) is 1. The van der Waals surface area contributed by atoms with E-state index in [1.165, 1.54) is 0 Å². The fraction of sp³-hybridized carbons (Fsp3) is 0.286. The fourth-order valence-electron chi connectivity index (χ4n) is 1.69. The third kappa shape index (κ3) is 3.74. The van der Waals surface area contributed by atoms with Crippen molar-refractivity contribution in [2.24, 2.45) is 10.7 Å². The van der Waals surface area contributed by atoms with Crippen LogP contribution in [-0.4, -0.2) is 22.8 Å². The number of hydrogen-bond donors (Lipinski definition) is 2. The maximum atomic E-state index is 5.84. The molecule has 6 nitrogen and oxygen atoms in total. The molecule has 0 amide bonds. The lowest BCUT2D eigenvalue weighted by Crippen LogP contribution is -2.22. The molecule has 1 aromatic heterocycles. The lowest BCUT2D eigenvalue weighted by molar-refractivity contribution is 0.415. The Hall–Kier alpha value is -2.50. The molecule has 6 heteroatoms. The molecule has 106 valence electrons. The summed E-state index contributed by atoms with van der Waals surface area (Å²) in [6.07, 6.45) is 1.93. The normalized spacial score (nSPS) is 11.4. The van der Waals surface area contributed by atoms with Crippen LogP contribution in [0.2, 0.25) is 0 Å². The number of anilines is 1. The van der Waals surface area contributed by atoms with Crippen LogP contribution in [0.3, 0.4) is 0 Å². The van der Waals surface area contributed by atoms with Crippen molar-refractivity contribution in [1.82, 2.24) is 9.78 Å². The Labute approximate surface area is 118 Å². The lowest BCUT2D eigenvalue weighted by Gasteiger charge is -2.06. The van der Waals surface area contributed by atoms with E-state index in [1.807, 2.05) is 48.1 Å². The van der Waals surface area contributed by atoms with Crippen LogP contribution in [0.5, 0.6) is 5.75 Å². The molecule has 1 heterocycles. The minimum absolute atomic E-state index is 0.362. The minimum atomic E-state index is 0.362. The summed E-state index contributed by atoms with van der Waals surface area (Å²) in [5.74, 6) is 1.16. The topological polar surface area (TPSA) is 77.5 Å². The summed E-state index contributed by atoms with van der Waals surface area (Å²) in [4.78, 5) is 4.26. The largest absolute Gasteiger partial charge is 0.497 e. The van der Waals surface area contributed by atoms with Gasteiger partial charge in [-0.25, -0.2) is 4.99 Å². The van der Waals surface area contributed by atoms with E-state index < -0.39 is 0 Å². The summed E-state index contributed by atoms with van der Waals surface area (Å²) in [5, 5.41) is 7.36. The van der Waals surface area contributed by atoms with Crippen molar-refractivity contribution in [1.29, 1.82) is 0 Å². The number of nitrogens with one attached hydrogen (secondary N) is 1. The standard InChI is InChI=1S/C14H19N5O/c1-3-19-9-8-12(18-19)10-16-14(15)17-11-4-6-13(20-2)7-5-11/h4-9H,3,10H2,1-2H3,(H3,15,16,17). The van der Waals surface area contributed by atoms with Gasteiger partial charge < -0.3 is 15.8 Å². The van der Waals surface area contributed by atoms with Gasteiger partial charge >= 0.3 is 0 Å². The Morgan fingerprint density at radius 3 is 2.70 bits per heavy atom. The predicted molar refractivity (Wildman–Crippen MR) is 79.8 cm³/mol. The highest BCUT2D eigenvalue weighted by Crippen LogP contribution is 2.14. The van der Waals surface area contributed by atoms with E-state index in [0.717, 1.165) is 23.7 Å². The Balaban J connectivity index is 1.92. The second-order valence-corrected chi connectivity index (χ2v) is 4.22. The Kier molecular flexibility index (Phi) is 4.60. The number of benzene rings is 1. The first-order chi connectivity index (χ1) is 9.71. The first-order valence-electron chi connectivity index (χ1n) is 6.44. The SMILES string of the molecule is CCn1ccc(CN=C(N)Nc2ccc(OC)cc2)n1. The first kappa shape index (κ1) is 13.9. The molecule has 2 rings (SSSR count). The van der Waals surface area contributed by atoms with Crippen LogP contribution in [0, 0.1) is 0 Å². The number of guanidine groups is 1. The third-order valence-electron chi connectivity index (χ3n) is 2.79. The highest BCUT2D eigenvalue weighted by atomic mass is 16.5. The first-order valence-corrected chi connectivity index (χ1v) is 6.44. The van der Waals surface area contributed by atoms with Crippen LogP contribution in [0.25, 0.3) is 0 Å². The molecule has 0 unspecified atom stereocenters. The summed E-state index contributed by atoms with van der Waals surface area (Å²) in [6, 6.07) is 9.42. The summed E-state index contributed by atoms with van der Waals surface area (Å²) in [6.45, 7) is 3.35. The van der Waals surface area contributed by atoms with Crippen molar-refractivity contribution in [3.63, 3.8) is 0 Å². The van der Waals surface area contributed by atoms with Gasteiger partial charge in [0.2, 0.25) is 0 Å². The molecule has 2 aromatic rings. The zero-order valence-electron chi connectivity index (χ0n) is 11.7. The number of nitrogens with two attached hydrogens (primary N) is 1. The lowest BCUT2D eigenvalue weighted by atomic mass is 10.3. The van der Waals surface area contributed by atoms with Crippen LogP contribution < -0.4 is 15.8 Å². The van der Waals surface area contributed by atoms with Crippen molar-refractivity contribution in [2.75, 3.05) is 12.4 Å². The third-order valence-corrected chi connectivity index (χ3v) is 2.79. The second-order valence-electron chi connectivity index (χ2n) is 4.22. The van der Waals surface area contributed by atoms with Gasteiger partial charge in [-0.05, 0) is 37.3 Å². The molecule has 0 spiro atoms. The van der Waals surface area contributed by atoms with E-state index in [2.05, 4.69) is 15.4 Å². The Morgan fingerprint density at radius 2 is 2.10 bits per heavy atom. The zero-order valence-corrected chi connectivity index (χ0v) is 11.7. The molecule has 0 fully saturated rings. The second kappa shape index (κ2) is 6.60. The number of nitrogens with zero attached hydrogens (tertiary/aromatic N) is 3. The maximum Gasteiger partial charge on any atom is 0.193 e. The molecule has 0 atom stereocenters. The summed E-state index contributed by atoms with van der Waals surface area (Å²) in [5.41, 5.74) is 7.60. The average Bonchev–Trinajstić information content (AvgIpc) is 2.94.